The van der Waals surface area contributed by atoms with Crippen molar-refractivity contribution in [2.45, 2.75) is 26.3 Å². The Morgan fingerprint density at radius 3 is 2.93 bits per heavy atom. The zero-order valence-electron chi connectivity index (χ0n) is 8.58. The van der Waals surface area contributed by atoms with E-state index in [4.69, 9.17) is 10.2 Å². The highest BCUT2D eigenvalue weighted by Gasteiger charge is 2.06. The molecule has 0 radical (unpaired) electrons. The van der Waals surface area contributed by atoms with Crippen molar-refractivity contribution in [3.8, 4) is 0 Å². The van der Waals surface area contributed by atoms with Crippen molar-refractivity contribution in [1.82, 2.24) is 0 Å². The zero-order chi connectivity index (χ0) is 10.1. The zero-order valence-corrected chi connectivity index (χ0v) is 8.58. The highest BCUT2D eigenvalue weighted by molar-refractivity contribution is 5.81. The number of nitrogens with two attached hydrogens (primary N) is 1. The predicted molar refractivity (Wildman–Crippen MR) is 58.3 cm³/mol. The Bertz CT molecular complexity index is 443. The first-order valence-corrected chi connectivity index (χ1v) is 4.90. The van der Waals surface area contributed by atoms with Crippen LogP contribution in [0, 0.1) is 6.92 Å². The molecular formula is C12H15NO. The van der Waals surface area contributed by atoms with Gasteiger partial charge in [0.05, 0.1) is 0 Å². The average Bonchev–Trinajstić information content (AvgIpc) is 2.45. The predicted octanol–water partition coefficient (Wildman–Crippen LogP) is 2.63. The third-order valence-corrected chi connectivity index (χ3v) is 2.32. The van der Waals surface area contributed by atoms with E-state index in [2.05, 4.69) is 12.1 Å². The van der Waals surface area contributed by atoms with Crippen molar-refractivity contribution >= 4 is 11.0 Å². The van der Waals surface area contributed by atoms with Crippen LogP contribution in [0.25, 0.3) is 11.0 Å². The van der Waals surface area contributed by atoms with Crippen molar-refractivity contribution in [2.24, 2.45) is 5.73 Å². The number of fused-ring (bicyclic) bond motifs is 1. The van der Waals surface area contributed by atoms with E-state index in [9.17, 15) is 0 Å². The number of rotatable bonds is 2. The summed E-state index contributed by atoms with van der Waals surface area (Å²) < 4.78 is 5.55. The second-order valence-electron chi connectivity index (χ2n) is 3.87. The molecule has 1 atom stereocenters. The Balaban J connectivity index is 2.53. The third kappa shape index (κ3) is 1.66. The number of hydrogen-bond donors (Lipinski definition) is 1. The summed E-state index contributed by atoms with van der Waals surface area (Å²) in [6.45, 7) is 3.99. The molecule has 1 aromatic carbocycles. The monoisotopic (exact) mass is 189 g/mol. The summed E-state index contributed by atoms with van der Waals surface area (Å²) in [5.74, 6) is 0.956. The van der Waals surface area contributed by atoms with E-state index in [0.717, 1.165) is 17.8 Å². The lowest BCUT2D eigenvalue weighted by Gasteiger charge is -2.05. The lowest BCUT2D eigenvalue weighted by Crippen LogP contribution is -2.17. The number of furan rings is 1. The molecule has 0 fully saturated rings. The largest absolute Gasteiger partial charge is 0.461 e. The van der Waals surface area contributed by atoms with Crippen molar-refractivity contribution in [3.63, 3.8) is 0 Å². The maximum Gasteiger partial charge on any atom is 0.134 e. The van der Waals surface area contributed by atoms with Crippen LogP contribution in [0.4, 0.5) is 0 Å². The number of hydrogen-bond acceptors (Lipinski definition) is 2. The van der Waals surface area contributed by atoms with Crippen LogP contribution in [0.15, 0.2) is 28.7 Å². The number of aryl methyl sites for hydroxylation is 1. The summed E-state index contributed by atoms with van der Waals surface area (Å²) in [6.07, 6.45) is 0.899. The third-order valence-electron chi connectivity index (χ3n) is 2.32. The van der Waals surface area contributed by atoms with Crippen LogP contribution in [0.5, 0.6) is 0 Å². The molecule has 0 bridgehead atoms. The minimum Gasteiger partial charge on any atom is -0.461 e. The minimum absolute atomic E-state index is 0.191. The van der Waals surface area contributed by atoms with Gasteiger partial charge in [-0.3, -0.25) is 0 Å². The molecule has 1 unspecified atom stereocenters. The SMILES string of the molecule is Cc1cc2c(CC(C)N)cccc2o1. The van der Waals surface area contributed by atoms with Crippen molar-refractivity contribution < 1.29 is 4.42 Å². The molecule has 0 aliphatic rings. The molecule has 14 heavy (non-hydrogen) atoms. The lowest BCUT2D eigenvalue weighted by atomic mass is 10.0. The van der Waals surface area contributed by atoms with Crippen LogP contribution < -0.4 is 5.73 Å². The maximum absolute atomic E-state index is 5.79. The van der Waals surface area contributed by atoms with Gasteiger partial charge in [0.15, 0.2) is 0 Å². The fourth-order valence-corrected chi connectivity index (χ4v) is 1.77. The molecule has 74 valence electrons. The van der Waals surface area contributed by atoms with Gasteiger partial charge in [-0.1, -0.05) is 12.1 Å². The van der Waals surface area contributed by atoms with Crippen LogP contribution in [0.1, 0.15) is 18.2 Å². The topological polar surface area (TPSA) is 39.2 Å². The molecule has 2 N–H and O–H groups in total. The molecule has 0 aliphatic carbocycles. The highest BCUT2D eigenvalue weighted by atomic mass is 16.3. The molecule has 1 heterocycles. The smallest absolute Gasteiger partial charge is 0.134 e. The molecule has 0 spiro atoms. The minimum atomic E-state index is 0.191. The van der Waals surface area contributed by atoms with Gasteiger partial charge in [-0.2, -0.15) is 0 Å². The van der Waals surface area contributed by atoms with Gasteiger partial charge in [-0.05, 0) is 38.0 Å². The summed E-state index contributed by atoms with van der Waals surface area (Å²) in [4.78, 5) is 0. The summed E-state index contributed by atoms with van der Waals surface area (Å²) in [5, 5.41) is 1.20. The fraction of sp³-hybridized carbons (Fsp3) is 0.333. The van der Waals surface area contributed by atoms with E-state index in [-0.39, 0.29) is 6.04 Å². The van der Waals surface area contributed by atoms with Gasteiger partial charge in [-0.15, -0.1) is 0 Å². The van der Waals surface area contributed by atoms with E-state index in [1.165, 1.54) is 10.9 Å². The van der Waals surface area contributed by atoms with E-state index in [0.29, 0.717) is 0 Å². The van der Waals surface area contributed by atoms with Gasteiger partial charge in [0, 0.05) is 11.4 Å². The first-order chi connectivity index (χ1) is 6.66. The molecule has 0 amide bonds. The van der Waals surface area contributed by atoms with Gasteiger partial charge >= 0.3 is 0 Å². The molecule has 0 aliphatic heterocycles. The van der Waals surface area contributed by atoms with Gasteiger partial charge < -0.3 is 10.2 Å². The van der Waals surface area contributed by atoms with Crippen LogP contribution in [-0.4, -0.2) is 6.04 Å². The molecule has 1 aromatic heterocycles. The summed E-state index contributed by atoms with van der Waals surface area (Å²) in [6, 6.07) is 8.39. The second kappa shape index (κ2) is 3.46. The van der Waals surface area contributed by atoms with Crippen LogP contribution >= 0.6 is 0 Å². The van der Waals surface area contributed by atoms with Gasteiger partial charge in [0.25, 0.3) is 0 Å². The van der Waals surface area contributed by atoms with E-state index < -0.39 is 0 Å². The maximum atomic E-state index is 5.79. The Morgan fingerprint density at radius 2 is 2.21 bits per heavy atom. The van der Waals surface area contributed by atoms with Crippen LogP contribution in [0.3, 0.4) is 0 Å². The van der Waals surface area contributed by atoms with Crippen molar-refractivity contribution in [2.75, 3.05) is 0 Å². The summed E-state index contributed by atoms with van der Waals surface area (Å²) in [7, 11) is 0. The Labute approximate surface area is 83.7 Å². The molecule has 0 saturated heterocycles. The van der Waals surface area contributed by atoms with Crippen molar-refractivity contribution in [1.29, 1.82) is 0 Å². The normalized spacial score (nSPS) is 13.4. The first kappa shape index (κ1) is 9.28. The fourth-order valence-electron chi connectivity index (χ4n) is 1.77. The Kier molecular flexibility index (Phi) is 2.30. The quantitative estimate of drug-likeness (QED) is 0.788. The molecule has 2 rings (SSSR count). The standard InChI is InChI=1S/C12H15NO/c1-8(13)6-10-4-3-5-12-11(10)7-9(2)14-12/h3-5,7-8H,6,13H2,1-2H3. The highest BCUT2D eigenvalue weighted by Crippen LogP contribution is 2.23. The van der Waals surface area contributed by atoms with Crippen molar-refractivity contribution in [3.05, 3.63) is 35.6 Å². The summed E-state index contributed by atoms with van der Waals surface area (Å²) in [5.41, 5.74) is 8.02. The Morgan fingerprint density at radius 1 is 1.43 bits per heavy atom. The molecule has 2 nitrogen and oxygen atoms in total. The average molecular weight is 189 g/mol. The molecule has 2 heteroatoms. The number of benzene rings is 1. The van der Waals surface area contributed by atoms with Crippen LogP contribution in [0.2, 0.25) is 0 Å². The van der Waals surface area contributed by atoms with Crippen LogP contribution in [-0.2, 0) is 6.42 Å². The van der Waals surface area contributed by atoms with E-state index >= 15 is 0 Å². The van der Waals surface area contributed by atoms with Gasteiger partial charge in [0.1, 0.15) is 11.3 Å². The Hall–Kier alpha value is -1.28. The first-order valence-electron chi connectivity index (χ1n) is 4.90. The molecule has 0 saturated carbocycles. The molecule has 2 aromatic rings. The molecular weight excluding hydrogens is 174 g/mol. The van der Waals surface area contributed by atoms with E-state index in [1.54, 1.807) is 0 Å². The van der Waals surface area contributed by atoms with E-state index in [1.807, 2.05) is 26.0 Å². The lowest BCUT2D eigenvalue weighted by molar-refractivity contribution is 0.578. The van der Waals surface area contributed by atoms with Gasteiger partial charge in [-0.25, -0.2) is 0 Å². The second-order valence-corrected chi connectivity index (χ2v) is 3.87. The van der Waals surface area contributed by atoms with Gasteiger partial charge in [0.2, 0.25) is 0 Å². The summed E-state index contributed by atoms with van der Waals surface area (Å²) >= 11 is 0.